The summed E-state index contributed by atoms with van der Waals surface area (Å²) in [6, 6.07) is 17.4. The highest BCUT2D eigenvalue weighted by Crippen LogP contribution is 2.42. The van der Waals surface area contributed by atoms with Crippen LogP contribution in [0.3, 0.4) is 0 Å². The van der Waals surface area contributed by atoms with Gasteiger partial charge in [0.05, 0.1) is 24.3 Å². The van der Waals surface area contributed by atoms with Gasteiger partial charge in [-0.25, -0.2) is 0 Å². The number of pyridine rings is 1. The van der Waals surface area contributed by atoms with Crippen molar-refractivity contribution in [2.45, 2.75) is 46.1 Å². The average molecular weight is 490 g/mol. The molecule has 0 aliphatic carbocycles. The van der Waals surface area contributed by atoms with Crippen LogP contribution in [0.15, 0.2) is 54.7 Å². The van der Waals surface area contributed by atoms with E-state index in [1.165, 1.54) is 44.0 Å². The summed E-state index contributed by atoms with van der Waals surface area (Å²) in [5.41, 5.74) is 7.02. The number of carboxylic acid groups (broad SMARTS) is 1. The Labute approximate surface area is 212 Å². The molecule has 0 spiro atoms. The number of ether oxygens (including phenoxy) is 2. The predicted molar refractivity (Wildman–Crippen MR) is 145 cm³/mol. The maximum Gasteiger partial charge on any atom is 0.290 e. The zero-order valence-electron chi connectivity index (χ0n) is 21.7. The van der Waals surface area contributed by atoms with E-state index in [9.17, 15) is 0 Å². The number of hydrogen-bond acceptors (Lipinski definition) is 5. The molecule has 2 heterocycles. The van der Waals surface area contributed by atoms with Gasteiger partial charge in [0.15, 0.2) is 0 Å². The molecule has 0 saturated heterocycles. The first-order valence-electron chi connectivity index (χ1n) is 12.1. The Morgan fingerprint density at radius 3 is 2.53 bits per heavy atom. The minimum absolute atomic E-state index is 0.250. The Morgan fingerprint density at radius 2 is 1.89 bits per heavy atom. The number of benzene rings is 3. The number of fused-ring (bicyclic) bond motifs is 1. The summed E-state index contributed by atoms with van der Waals surface area (Å²) in [6.07, 6.45) is 3.90. The fraction of sp³-hybridized carbons (Fsp3) is 0.333. The van der Waals surface area contributed by atoms with Gasteiger partial charge >= 0.3 is 0 Å². The monoisotopic (exact) mass is 489 g/mol. The predicted octanol–water partition coefficient (Wildman–Crippen LogP) is 5.97. The SMILES string of the molecule is CCc1c(C)cc2ccccc2c1-c1ccc2c3c(ccnc13)CCO2.COCC(C)(C)O.O=CO. The summed E-state index contributed by atoms with van der Waals surface area (Å²) in [6.45, 7) is 8.76. The molecule has 1 aliphatic rings. The van der Waals surface area contributed by atoms with Crippen molar-refractivity contribution in [3.05, 3.63) is 71.4 Å². The van der Waals surface area contributed by atoms with Crippen molar-refractivity contribution in [1.82, 2.24) is 4.98 Å². The minimum Gasteiger partial charge on any atom is -0.493 e. The number of nitrogens with zero attached hydrogens (tertiary/aromatic N) is 1. The van der Waals surface area contributed by atoms with Crippen LogP contribution >= 0.6 is 0 Å². The van der Waals surface area contributed by atoms with E-state index in [2.05, 4.69) is 67.1 Å². The van der Waals surface area contributed by atoms with Crippen molar-refractivity contribution in [3.63, 3.8) is 0 Å². The van der Waals surface area contributed by atoms with Gasteiger partial charge in [-0.1, -0.05) is 37.3 Å². The van der Waals surface area contributed by atoms with Gasteiger partial charge in [-0.05, 0) is 78.4 Å². The summed E-state index contributed by atoms with van der Waals surface area (Å²) >= 11 is 0. The van der Waals surface area contributed by atoms with Gasteiger partial charge in [0.1, 0.15) is 5.75 Å². The highest BCUT2D eigenvalue weighted by molar-refractivity contribution is 6.07. The maximum absolute atomic E-state index is 8.89. The summed E-state index contributed by atoms with van der Waals surface area (Å²) in [5.74, 6) is 0.966. The van der Waals surface area contributed by atoms with E-state index < -0.39 is 5.60 Å². The third-order valence-corrected chi connectivity index (χ3v) is 6.07. The lowest BCUT2D eigenvalue weighted by Crippen LogP contribution is -2.24. The fourth-order valence-corrected chi connectivity index (χ4v) is 4.75. The van der Waals surface area contributed by atoms with Crippen LogP contribution < -0.4 is 4.74 Å². The second-order valence-electron chi connectivity index (χ2n) is 9.38. The van der Waals surface area contributed by atoms with Crippen LogP contribution in [0.4, 0.5) is 0 Å². The molecule has 1 aromatic heterocycles. The largest absolute Gasteiger partial charge is 0.493 e. The van der Waals surface area contributed by atoms with Crippen LogP contribution in [0, 0.1) is 6.92 Å². The highest BCUT2D eigenvalue weighted by atomic mass is 16.5. The van der Waals surface area contributed by atoms with Gasteiger partial charge < -0.3 is 19.7 Å². The molecule has 0 atom stereocenters. The molecular formula is C30H35NO5. The van der Waals surface area contributed by atoms with E-state index in [0.29, 0.717) is 6.61 Å². The lowest BCUT2D eigenvalue weighted by atomic mass is 9.87. The number of methoxy groups -OCH3 is 1. The average Bonchev–Trinajstić information content (AvgIpc) is 2.84. The number of aliphatic hydroxyl groups is 1. The Bertz CT molecular complexity index is 1330. The van der Waals surface area contributed by atoms with Crippen molar-refractivity contribution in [3.8, 4) is 16.9 Å². The van der Waals surface area contributed by atoms with Crippen LogP contribution in [0.2, 0.25) is 0 Å². The highest BCUT2D eigenvalue weighted by Gasteiger charge is 2.20. The normalized spacial score (nSPS) is 12.2. The van der Waals surface area contributed by atoms with E-state index >= 15 is 0 Å². The van der Waals surface area contributed by atoms with Crippen LogP contribution in [-0.4, -0.2) is 47.6 Å². The topological polar surface area (TPSA) is 88.9 Å². The molecule has 0 saturated carbocycles. The first-order chi connectivity index (χ1) is 17.3. The number of hydrogen-bond donors (Lipinski definition) is 2. The van der Waals surface area contributed by atoms with Crippen molar-refractivity contribution in [2.24, 2.45) is 0 Å². The number of carbonyl (C=O) groups is 1. The first kappa shape index (κ1) is 27.1. The molecule has 6 heteroatoms. The van der Waals surface area contributed by atoms with E-state index in [4.69, 9.17) is 24.7 Å². The minimum atomic E-state index is -0.672. The molecule has 2 N–H and O–H groups in total. The molecule has 6 nitrogen and oxygen atoms in total. The molecule has 0 bridgehead atoms. The summed E-state index contributed by atoms with van der Waals surface area (Å²) in [4.78, 5) is 13.2. The molecule has 1 aliphatic heterocycles. The molecule has 5 rings (SSSR count). The van der Waals surface area contributed by atoms with Crippen LogP contribution in [0.5, 0.6) is 5.75 Å². The van der Waals surface area contributed by atoms with Crippen LogP contribution in [0.1, 0.15) is 37.5 Å². The maximum atomic E-state index is 8.89. The third kappa shape index (κ3) is 6.01. The number of aryl methyl sites for hydroxylation is 1. The molecular weight excluding hydrogens is 454 g/mol. The van der Waals surface area contributed by atoms with Crippen LogP contribution in [0.25, 0.3) is 32.8 Å². The molecule has 36 heavy (non-hydrogen) atoms. The first-order valence-corrected chi connectivity index (χ1v) is 12.1. The fourth-order valence-electron chi connectivity index (χ4n) is 4.75. The summed E-state index contributed by atoms with van der Waals surface area (Å²) in [5, 5.41) is 19.6. The van der Waals surface area contributed by atoms with Gasteiger partial charge in [0.25, 0.3) is 6.47 Å². The second-order valence-corrected chi connectivity index (χ2v) is 9.38. The smallest absolute Gasteiger partial charge is 0.290 e. The molecule has 3 aromatic carbocycles. The van der Waals surface area contributed by atoms with Crippen molar-refractivity contribution in [2.75, 3.05) is 20.3 Å². The molecule has 0 unspecified atom stereocenters. The third-order valence-electron chi connectivity index (χ3n) is 6.07. The lowest BCUT2D eigenvalue weighted by molar-refractivity contribution is -0.122. The van der Waals surface area contributed by atoms with Crippen LogP contribution in [-0.2, 0) is 22.4 Å². The Hall–Kier alpha value is -3.48. The Balaban J connectivity index is 0.000000310. The van der Waals surface area contributed by atoms with E-state index in [-0.39, 0.29) is 6.47 Å². The molecule has 0 amide bonds. The molecule has 4 aromatic rings. The second kappa shape index (κ2) is 12.0. The lowest BCUT2D eigenvalue weighted by Gasteiger charge is -2.21. The molecule has 0 radical (unpaired) electrons. The van der Waals surface area contributed by atoms with Crippen molar-refractivity contribution in [1.29, 1.82) is 0 Å². The summed E-state index contributed by atoms with van der Waals surface area (Å²) < 4.78 is 10.6. The molecule has 190 valence electrons. The number of rotatable bonds is 4. The standard InChI is InChI=1S/C24H21NO.C5H12O2.CH2O2/c1-3-18-15(2)14-17-6-4-5-7-19(17)23(18)20-8-9-21-22-16(11-13-26-21)10-12-25-24(20)22;1-5(2,6)4-7-3;2-1-3/h4-10,12,14H,3,11,13H2,1-2H3;6H,4H2,1-3H3;1H,(H,2,3). The Morgan fingerprint density at radius 1 is 1.17 bits per heavy atom. The zero-order valence-corrected chi connectivity index (χ0v) is 21.7. The van der Waals surface area contributed by atoms with Crippen molar-refractivity contribution >= 4 is 28.1 Å². The van der Waals surface area contributed by atoms with Gasteiger partial charge in [-0.2, -0.15) is 0 Å². The van der Waals surface area contributed by atoms with E-state index in [1.54, 1.807) is 21.0 Å². The van der Waals surface area contributed by atoms with E-state index in [0.717, 1.165) is 30.7 Å². The van der Waals surface area contributed by atoms with Crippen molar-refractivity contribution < 1.29 is 24.5 Å². The van der Waals surface area contributed by atoms with Gasteiger partial charge in [0, 0.05) is 30.7 Å². The van der Waals surface area contributed by atoms with Gasteiger partial charge in [-0.3, -0.25) is 9.78 Å². The van der Waals surface area contributed by atoms with Gasteiger partial charge in [-0.15, -0.1) is 0 Å². The molecule has 0 fully saturated rings. The summed E-state index contributed by atoms with van der Waals surface area (Å²) in [7, 11) is 1.57. The number of aromatic nitrogens is 1. The Kier molecular flexibility index (Phi) is 9.02. The van der Waals surface area contributed by atoms with E-state index in [1.807, 2.05) is 6.20 Å². The quantitative estimate of drug-likeness (QED) is 0.344. The zero-order chi connectivity index (χ0) is 26.3. The van der Waals surface area contributed by atoms with Gasteiger partial charge in [0.2, 0.25) is 0 Å².